The number of alkyl halides is 1. The Morgan fingerprint density at radius 3 is 2.53 bits per heavy atom. The summed E-state index contributed by atoms with van der Waals surface area (Å²) in [4.78, 5) is 0. The van der Waals surface area contributed by atoms with Crippen molar-refractivity contribution in [3.8, 4) is 0 Å². The summed E-state index contributed by atoms with van der Waals surface area (Å²) < 4.78 is 0. The summed E-state index contributed by atoms with van der Waals surface area (Å²) in [7, 11) is 0. The van der Waals surface area contributed by atoms with Crippen molar-refractivity contribution in [3.05, 3.63) is 33.8 Å². The summed E-state index contributed by atoms with van der Waals surface area (Å²) in [5, 5.41) is 4.65. The molecule has 0 unspecified atom stereocenters. The van der Waals surface area contributed by atoms with Crippen LogP contribution in [0.1, 0.15) is 19.4 Å². The highest BCUT2D eigenvalue weighted by atomic mass is 79.9. The molecule has 0 heterocycles. The van der Waals surface area contributed by atoms with Crippen LogP contribution in [0.15, 0.2) is 18.2 Å². The molecule has 1 aromatic carbocycles. The number of hydrogen-bond donors (Lipinski definition) is 1. The number of hydrogen-bond acceptors (Lipinski definition) is 1. The van der Waals surface area contributed by atoms with E-state index in [-0.39, 0.29) is 5.41 Å². The average Bonchev–Trinajstić information content (AvgIpc) is 2.14. The second-order valence-corrected chi connectivity index (χ2v) is 5.47. The second kappa shape index (κ2) is 5.53. The Bertz CT molecular complexity index is 339. The molecule has 0 fully saturated rings. The first-order valence-corrected chi connectivity index (χ1v) is 6.57. The van der Waals surface area contributed by atoms with Crippen molar-refractivity contribution < 1.29 is 0 Å². The Labute approximate surface area is 109 Å². The summed E-state index contributed by atoms with van der Waals surface area (Å²) in [5.74, 6) is 0. The average molecular weight is 311 g/mol. The molecule has 0 saturated heterocycles. The van der Waals surface area contributed by atoms with Crippen LogP contribution in [0.2, 0.25) is 10.0 Å². The quantitative estimate of drug-likeness (QED) is 0.649. The van der Waals surface area contributed by atoms with E-state index < -0.39 is 0 Å². The third-order valence-electron chi connectivity index (χ3n) is 2.32. The molecule has 0 radical (unpaired) electrons. The first-order chi connectivity index (χ1) is 6.97. The van der Waals surface area contributed by atoms with Gasteiger partial charge < -0.3 is 5.32 Å². The first-order valence-electron chi connectivity index (χ1n) is 4.69. The first kappa shape index (κ1) is 13.3. The lowest BCUT2D eigenvalue weighted by molar-refractivity contribution is 0.491. The molecule has 0 aliphatic rings. The largest absolute Gasteiger partial charge is 0.306 e. The zero-order chi connectivity index (χ0) is 11.5. The fourth-order valence-electron chi connectivity index (χ4n) is 1.49. The molecule has 0 aliphatic carbocycles. The van der Waals surface area contributed by atoms with Gasteiger partial charge in [-0.05, 0) is 17.7 Å². The van der Waals surface area contributed by atoms with Gasteiger partial charge in [-0.15, -0.1) is 0 Å². The molecule has 0 bridgehead atoms. The minimum Gasteiger partial charge on any atom is -0.306 e. The van der Waals surface area contributed by atoms with Crippen molar-refractivity contribution in [2.24, 2.45) is 0 Å². The smallest absolute Gasteiger partial charge is 0.0517 e. The topological polar surface area (TPSA) is 12.0 Å². The number of nitrogens with one attached hydrogen (secondary N) is 1. The predicted molar refractivity (Wildman–Crippen MR) is 71.3 cm³/mol. The third-order valence-corrected chi connectivity index (χ3v) is 3.27. The van der Waals surface area contributed by atoms with Crippen LogP contribution in [0.4, 0.5) is 0 Å². The zero-order valence-corrected chi connectivity index (χ0v) is 11.9. The van der Waals surface area contributed by atoms with Crippen molar-refractivity contribution in [1.82, 2.24) is 5.32 Å². The molecule has 15 heavy (non-hydrogen) atoms. The van der Waals surface area contributed by atoms with Gasteiger partial charge >= 0.3 is 0 Å². The molecule has 1 nitrogen and oxygen atoms in total. The SMILES string of the molecule is CC(C)(CNCBr)c1ccc(Cl)cc1Cl. The minimum absolute atomic E-state index is 0.00452. The molecule has 84 valence electrons. The van der Waals surface area contributed by atoms with Gasteiger partial charge in [-0.25, -0.2) is 0 Å². The van der Waals surface area contributed by atoms with Crippen LogP contribution in [0, 0.1) is 0 Å². The van der Waals surface area contributed by atoms with Crippen LogP contribution < -0.4 is 5.32 Å². The summed E-state index contributed by atoms with van der Waals surface area (Å²) in [6.45, 7) is 5.16. The lowest BCUT2D eigenvalue weighted by Gasteiger charge is -2.26. The fourth-order valence-corrected chi connectivity index (χ4v) is 2.36. The Morgan fingerprint density at radius 2 is 2.00 bits per heavy atom. The molecule has 4 heteroatoms. The van der Waals surface area contributed by atoms with E-state index in [0.29, 0.717) is 5.02 Å². The van der Waals surface area contributed by atoms with Crippen molar-refractivity contribution >= 4 is 39.1 Å². The monoisotopic (exact) mass is 309 g/mol. The van der Waals surface area contributed by atoms with E-state index in [1.165, 1.54) is 0 Å². The second-order valence-electron chi connectivity index (χ2n) is 4.07. The van der Waals surface area contributed by atoms with Crippen LogP contribution in [0.25, 0.3) is 0 Å². The summed E-state index contributed by atoms with van der Waals surface area (Å²) >= 11 is 15.4. The maximum atomic E-state index is 6.17. The molecule has 0 aromatic heterocycles. The number of rotatable bonds is 4. The van der Waals surface area contributed by atoms with E-state index in [1.54, 1.807) is 6.07 Å². The maximum Gasteiger partial charge on any atom is 0.0517 e. The van der Waals surface area contributed by atoms with Gasteiger partial charge in [-0.1, -0.05) is 59.0 Å². The third kappa shape index (κ3) is 3.63. The van der Waals surface area contributed by atoms with Crippen LogP contribution in [-0.2, 0) is 5.41 Å². The van der Waals surface area contributed by atoms with Crippen LogP contribution in [0.3, 0.4) is 0 Å². The summed E-state index contributed by atoms with van der Waals surface area (Å²) in [5.41, 5.74) is 1.89. The molecular formula is C11H14BrCl2N. The molecule has 0 saturated carbocycles. The predicted octanol–water partition coefficient (Wildman–Crippen LogP) is 4.21. The zero-order valence-electron chi connectivity index (χ0n) is 8.78. The van der Waals surface area contributed by atoms with E-state index >= 15 is 0 Å². The molecule has 0 atom stereocenters. The van der Waals surface area contributed by atoms with Crippen LogP contribution in [-0.4, -0.2) is 12.0 Å². The highest BCUT2D eigenvalue weighted by molar-refractivity contribution is 9.09. The highest BCUT2D eigenvalue weighted by Gasteiger charge is 2.22. The van der Waals surface area contributed by atoms with Crippen molar-refractivity contribution in [2.75, 3.05) is 12.0 Å². The van der Waals surface area contributed by atoms with Gasteiger partial charge in [0.2, 0.25) is 0 Å². The van der Waals surface area contributed by atoms with E-state index in [9.17, 15) is 0 Å². The van der Waals surface area contributed by atoms with Crippen LogP contribution >= 0.6 is 39.1 Å². The van der Waals surface area contributed by atoms with Gasteiger partial charge in [0.05, 0.1) is 5.45 Å². The summed E-state index contributed by atoms with van der Waals surface area (Å²) in [6.07, 6.45) is 0. The fraction of sp³-hybridized carbons (Fsp3) is 0.455. The maximum absolute atomic E-state index is 6.17. The Morgan fingerprint density at radius 1 is 1.33 bits per heavy atom. The van der Waals surface area contributed by atoms with Gasteiger partial charge in [0.15, 0.2) is 0 Å². The molecule has 1 aromatic rings. The van der Waals surface area contributed by atoms with Crippen LogP contribution in [0.5, 0.6) is 0 Å². The molecule has 0 aliphatic heterocycles. The van der Waals surface area contributed by atoms with Crippen molar-refractivity contribution in [2.45, 2.75) is 19.3 Å². The minimum atomic E-state index is -0.00452. The summed E-state index contributed by atoms with van der Waals surface area (Å²) in [6, 6.07) is 5.65. The molecule has 1 rings (SSSR count). The lowest BCUT2D eigenvalue weighted by atomic mass is 9.84. The van der Waals surface area contributed by atoms with Gasteiger partial charge in [-0.3, -0.25) is 0 Å². The Hall–Kier alpha value is 0.240. The van der Waals surface area contributed by atoms with Crippen molar-refractivity contribution in [1.29, 1.82) is 0 Å². The molecule has 0 spiro atoms. The standard InChI is InChI=1S/C11H14BrCl2N/c1-11(2,6-15-7-12)9-4-3-8(13)5-10(9)14/h3-5,15H,6-7H2,1-2H3. The number of benzene rings is 1. The van der Waals surface area contributed by atoms with E-state index in [1.807, 2.05) is 12.1 Å². The van der Waals surface area contributed by atoms with Gasteiger partial charge in [0.25, 0.3) is 0 Å². The van der Waals surface area contributed by atoms with Gasteiger partial charge in [0, 0.05) is 22.0 Å². The van der Waals surface area contributed by atoms with Gasteiger partial charge in [-0.2, -0.15) is 0 Å². The van der Waals surface area contributed by atoms with E-state index in [4.69, 9.17) is 23.2 Å². The normalized spacial score (nSPS) is 11.8. The molecular weight excluding hydrogens is 297 g/mol. The van der Waals surface area contributed by atoms with E-state index in [0.717, 1.165) is 22.6 Å². The number of halogens is 3. The van der Waals surface area contributed by atoms with E-state index in [2.05, 4.69) is 35.1 Å². The lowest BCUT2D eigenvalue weighted by Crippen LogP contribution is -2.32. The molecule has 1 N–H and O–H groups in total. The van der Waals surface area contributed by atoms with Crippen molar-refractivity contribution in [3.63, 3.8) is 0 Å². The molecule has 0 amide bonds. The Balaban J connectivity index is 2.93. The Kier molecular flexibility index (Phi) is 4.91. The van der Waals surface area contributed by atoms with Gasteiger partial charge in [0.1, 0.15) is 0 Å². The highest BCUT2D eigenvalue weighted by Crippen LogP contribution is 2.31.